The lowest BCUT2D eigenvalue weighted by Gasteiger charge is -2.19. The number of aryl methyl sites for hydroxylation is 1. The molecular formula is C21H25ClN2O2. The third-order valence-electron chi connectivity index (χ3n) is 5.11. The predicted octanol–water partition coefficient (Wildman–Crippen LogP) is 4.39. The van der Waals surface area contributed by atoms with E-state index in [0.717, 1.165) is 59.5 Å². The van der Waals surface area contributed by atoms with Gasteiger partial charge in [0, 0.05) is 28.6 Å². The Hall–Kier alpha value is -2.07. The van der Waals surface area contributed by atoms with Crippen LogP contribution < -0.4 is 11.3 Å². The standard InChI is InChI=1S/C21H25ClN2O2/c1-13-12-15(8-10-18(13)22)16(4-2-3-5-20(23)25)19-11-9-17(14-6-7-14)21(26)24-19/h8-12,14,16H,2-7H2,1H3,(H2,23,25)(H,24,26). The number of primary amides is 1. The Balaban J connectivity index is 1.86. The number of aromatic nitrogens is 1. The molecule has 4 nitrogen and oxygen atoms in total. The lowest BCUT2D eigenvalue weighted by molar-refractivity contribution is -0.118. The molecule has 3 rings (SSSR count). The van der Waals surface area contributed by atoms with Crippen LogP contribution in [0.4, 0.5) is 0 Å². The molecule has 1 aromatic heterocycles. The van der Waals surface area contributed by atoms with Gasteiger partial charge in [-0.15, -0.1) is 0 Å². The van der Waals surface area contributed by atoms with E-state index >= 15 is 0 Å². The van der Waals surface area contributed by atoms with E-state index in [2.05, 4.69) is 11.1 Å². The van der Waals surface area contributed by atoms with E-state index in [1.807, 2.05) is 31.2 Å². The summed E-state index contributed by atoms with van der Waals surface area (Å²) in [6.45, 7) is 1.98. The molecule has 1 amide bonds. The molecule has 3 N–H and O–H groups in total. The molecule has 138 valence electrons. The van der Waals surface area contributed by atoms with Crippen LogP contribution in [-0.2, 0) is 4.79 Å². The average molecular weight is 373 g/mol. The molecule has 1 atom stereocenters. The number of halogens is 1. The van der Waals surface area contributed by atoms with Crippen LogP contribution in [-0.4, -0.2) is 10.9 Å². The minimum atomic E-state index is -0.272. The van der Waals surface area contributed by atoms with E-state index in [0.29, 0.717) is 12.3 Å². The van der Waals surface area contributed by atoms with E-state index in [-0.39, 0.29) is 17.4 Å². The number of carbonyl (C=O) groups excluding carboxylic acids is 1. The highest BCUT2D eigenvalue weighted by molar-refractivity contribution is 6.31. The number of nitrogens with one attached hydrogen (secondary N) is 1. The number of rotatable bonds is 8. The van der Waals surface area contributed by atoms with Crippen LogP contribution >= 0.6 is 11.6 Å². The fraction of sp³-hybridized carbons (Fsp3) is 0.429. The predicted molar refractivity (Wildman–Crippen MR) is 105 cm³/mol. The van der Waals surface area contributed by atoms with E-state index in [9.17, 15) is 9.59 Å². The van der Waals surface area contributed by atoms with Crippen molar-refractivity contribution in [3.63, 3.8) is 0 Å². The van der Waals surface area contributed by atoms with Crippen molar-refractivity contribution < 1.29 is 4.79 Å². The van der Waals surface area contributed by atoms with Gasteiger partial charge in [-0.1, -0.05) is 36.2 Å². The molecule has 2 aromatic rings. The number of nitrogens with two attached hydrogens (primary N) is 1. The van der Waals surface area contributed by atoms with Gasteiger partial charge in [0.05, 0.1) is 0 Å². The smallest absolute Gasteiger partial charge is 0.251 e. The molecule has 1 fully saturated rings. The van der Waals surface area contributed by atoms with Crippen molar-refractivity contribution in [1.82, 2.24) is 4.98 Å². The van der Waals surface area contributed by atoms with Gasteiger partial charge in [0.1, 0.15) is 0 Å². The Bertz CT molecular complexity index is 855. The van der Waals surface area contributed by atoms with Gasteiger partial charge in [0.25, 0.3) is 5.56 Å². The van der Waals surface area contributed by atoms with Gasteiger partial charge in [-0.3, -0.25) is 9.59 Å². The molecule has 1 unspecified atom stereocenters. The molecule has 1 aliphatic rings. The second-order valence-corrected chi connectivity index (χ2v) is 7.65. The Morgan fingerprint density at radius 2 is 2.04 bits per heavy atom. The number of pyridine rings is 1. The second kappa shape index (κ2) is 8.09. The van der Waals surface area contributed by atoms with Crippen LogP contribution in [0.1, 0.15) is 72.7 Å². The molecule has 0 aliphatic heterocycles. The van der Waals surface area contributed by atoms with Gasteiger partial charge in [-0.25, -0.2) is 0 Å². The summed E-state index contributed by atoms with van der Waals surface area (Å²) in [5.41, 5.74) is 9.22. The molecule has 0 bridgehead atoms. The van der Waals surface area contributed by atoms with Crippen LogP contribution in [0.5, 0.6) is 0 Å². The summed E-state index contributed by atoms with van der Waals surface area (Å²) in [4.78, 5) is 26.5. The topological polar surface area (TPSA) is 76.0 Å². The summed E-state index contributed by atoms with van der Waals surface area (Å²) in [6, 6.07) is 10.0. The number of unbranched alkanes of at least 4 members (excludes halogenated alkanes) is 1. The highest BCUT2D eigenvalue weighted by Crippen LogP contribution is 2.38. The Morgan fingerprint density at radius 3 is 2.65 bits per heavy atom. The van der Waals surface area contributed by atoms with Gasteiger partial charge in [-0.2, -0.15) is 0 Å². The Labute approximate surface area is 158 Å². The molecule has 0 spiro atoms. The van der Waals surface area contributed by atoms with Crippen molar-refractivity contribution in [1.29, 1.82) is 0 Å². The van der Waals surface area contributed by atoms with Crippen molar-refractivity contribution in [2.45, 2.75) is 57.3 Å². The SMILES string of the molecule is Cc1cc(C(CCCCC(N)=O)c2ccc(C3CC3)c(=O)[nH]2)ccc1Cl. The fourth-order valence-electron chi connectivity index (χ4n) is 3.45. The third kappa shape index (κ3) is 4.55. The van der Waals surface area contributed by atoms with Crippen molar-refractivity contribution >= 4 is 17.5 Å². The molecule has 1 heterocycles. The van der Waals surface area contributed by atoms with Crippen LogP contribution in [0.3, 0.4) is 0 Å². The number of aromatic amines is 1. The minimum absolute atomic E-state index is 0.0258. The second-order valence-electron chi connectivity index (χ2n) is 7.25. The maximum atomic E-state index is 12.5. The van der Waals surface area contributed by atoms with Crippen LogP contribution in [0.15, 0.2) is 35.1 Å². The number of amides is 1. The first kappa shape index (κ1) is 18.7. The lowest BCUT2D eigenvalue weighted by atomic mass is 9.88. The summed E-state index contributed by atoms with van der Waals surface area (Å²) >= 11 is 6.17. The molecule has 0 radical (unpaired) electrons. The maximum absolute atomic E-state index is 12.5. The van der Waals surface area contributed by atoms with Gasteiger partial charge < -0.3 is 10.7 Å². The zero-order valence-corrected chi connectivity index (χ0v) is 15.8. The normalized spacial score (nSPS) is 15.0. The van der Waals surface area contributed by atoms with Gasteiger partial charge in [0.2, 0.25) is 5.91 Å². The van der Waals surface area contributed by atoms with Crippen LogP contribution in [0, 0.1) is 6.92 Å². The van der Waals surface area contributed by atoms with Crippen LogP contribution in [0.25, 0.3) is 0 Å². The van der Waals surface area contributed by atoms with E-state index < -0.39 is 0 Å². The van der Waals surface area contributed by atoms with Crippen molar-refractivity contribution in [2.75, 3.05) is 0 Å². The first-order chi connectivity index (χ1) is 12.5. The number of hydrogen-bond acceptors (Lipinski definition) is 2. The minimum Gasteiger partial charge on any atom is -0.370 e. The zero-order chi connectivity index (χ0) is 18.7. The number of carbonyl (C=O) groups is 1. The summed E-state index contributed by atoms with van der Waals surface area (Å²) < 4.78 is 0. The summed E-state index contributed by atoms with van der Waals surface area (Å²) in [5.74, 6) is 0.227. The highest BCUT2D eigenvalue weighted by Gasteiger charge is 2.27. The molecule has 5 heteroatoms. The largest absolute Gasteiger partial charge is 0.370 e. The number of hydrogen-bond donors (Lipinski definition) is 2. The Kier molecular flexibility index (Phi) is 5.82. The van der Waals surface area contributed by atoms with E-state index in [1.54, 1.807) is 0 Å². The quantitative estimate of drug-likeness (QED) is 0.674. The molecule has 26 heavy (non-hydrogen) atoms. The van der Waals surface area contributed by atoms with Crippen molar-refractivity contribution in [2.24, 2.45) is 5.73 Å². The molecule has 1 aliphatic carbocycles. The van der Waals surface area contributed by atoms with E-state index in [1.165, 1.54) is 0 Å². The fourth-order valence-corrected chi connectivity index (χ4v) is 3.57. The van der Waals surface area contributed by atoms with Gasteiger partial charge >= 0.3 is 0 Å². The Morgan fingerprint density at radius 1 is 1.27 bits per heavy atom. The monoisotopic (exact) mass is 372 g/mol. The van der Waals surface area contributed by atoms with Crippen molar-refractivity contribution in [3.05, 3.63) is 68.1 Å². The van der Waals surface area contributed by atoms with Crippen LogP contribution in [0.2, 0.25) is 5.02 Å². The van der Waals surface area contributed by atoms with Crippen molar-refractivity contribution in [3.8, 4) is 0 Å². The van der Waals surface area contributed by atoms with E-state index in [4.69, 9.17) is 17.3 Å². The highest BCUT2D eigenvalue weighted by atomic mass is 35.5. The lowest BCUT2D eigenvalue weighted by Crippen LogP contribution is -2.16. The van der Waals surface area contributed by atoms with Gasteiger partial charge in [-0.05, 0) is 61.8 Å². The maximum Gasteiger partial charge on any atom is 0.251 e. The molecule has 0 saturated heterocycles. The summed E-state index contributed by atoms with van der Waals surface area (Å²) in [6.07, 6.45) is 5.06. The third-order valence-corrected chi connectivity index (χ3v) is 5.53. The first-order valence-corrected chi connectivity index (χ1v) is 9.61. The first-order valence-electron chi connectivity index (χ1n) is 9.23. The molecule has 1 saturated carbocycles. The molecule has 1 aromatic carbocycles. The number of H-pyrrole nitrogens is 1. The number of benzene rings is 1. The average Bonchev–Trinajstić information content (AvgIpc) is 3.42. The summed E-state index contributed by atoms with van der Waals surface area (Å²) in [7, 11) is 0. The van der Waals surface area contributed by atoms with Gasteiger partial charge in [0.15, 0.2) is 0 Å². The summed E-state index contributed by atoms with van der Waals surface area (Å²) in [5, 5.41) is 0.735. The zero-order valence-electron chi connectivity index (χ0n) is 15.1. The molecular weight excluding hydrogens is 348 g/mol.